The molecule has 1 aromatic rings. The van der Waals surface area contributed by atoms with Crippen molar-refractivity contribution in [2.24, 2.45) is 5.92 Å². The molecule has 0 unspecified atom stereocenters. The highest BCUT2D eigenvalue weighted by Gasteiger charge is 2.35. The number of carbonyl (C=O) groups is 1. The van der Waals surface area contributed by atoms with Crippen molar-refractivity contribution < 1.29 is 9.90 Å². The molecule has 0 saturated heterocycles. The minimum atomic E-state index is -0.558. The molecule has 0 bridgehead atoms. The van der Waals surface area contributed by atoms with E-state index in [-0.39, 0.29) is 12.6 Å². The van der Waals surface area contributed by atoms with Gasteiger partial charge in [-0.1, -0.05) is 19.3 Å². The van der Waals surface area contributed by atoms with Crippen LogP contribution < -0.4 is 10.6 Å². The topological polar surface area (TPSA) is 74.2 Å². The highest BCUT2D eigenvalue weighted by atomic mass is 16.3. The number of aliphatic hydroxyl groups is 1. The molecule has 1 atom stereocenters. The molecule has 1 fully saturated rings. The Morgan fingerprint density at radius 3 is 2.60 bits per heavy atom. The Hall–Kier alpha value is -1.62. The zero-order valence-corrected chi connectivity index (χ0v) is 11.9. The summed E-state index contributed by atoms with van der Waals surface area (Å²) in [5, 5.41) is 15.4. The van der Waals surface area contributed by atoms with Gasteiger partial charge >= 0.3 is 6.03 Å². The normalized spacial score (nSPS) is 19.1. The van der Waals surface area contributed by atoms with Crippen LogP contribution in [0.25, 0.3) is 0 Å². The maximum absolute atomic E-state index is 12.1. The van der Waals surface area contributed by atoms with E-state index in [1.165, 1.54) is 19.3 Å². The van der Waals surface area contributed by atoms with Crippen LogP contribution in [0.2, 0.25) is 0 Å². The number of nitrogens with one attached hydrogen (secondary N) is 2. The fraction of sp³-hybridized carbons (Fsp3) is 0.600. The number of aliphatic hydroxyl groups excluding tert-OH is 1. The third-order valence-electron chi connectivity index (χ3n) is 4.17. The SMILES string of the molecule is C[C@@](CO)(NC(=O)Nc1ccncc1)C1CCCCC1. The van der Waals surface area contributed by atoms with Crippen LogP contribution in [0.3, 0.4) is 0 Å². The Labute approximate surface area is 119 Å². The number of carbonyl (C=O) groups excluding carboxylic acids is 1. The third-order valence-corrected chi connectivity index (χ3v) is 4.17. The van der Waals surface area contributed by atoms with Crippen LogP contribution in [-0.4, -0.2) is 28.3 Å². The fourth-order valence-electron chi connectivity index (χ4n) is 2.87. The molecule has 3 N–H and O–H groups in total. The molecule has 20 heavy (non-hydrogen) atoms. The summed E-state index contributed by atoms with van der Waals surface area (Å²) < 4.78 is 0. The lowest BCUT2D eigenvalue weighted by atomic mass is 9.76. The molecule has 2 amide bonds. The van der Waals surface area contributed by atoms with Crippen LogP contribution in [-0.2, 0) is 0 Å². The van der Waals surface area contributed by atoms with E-state index < -0.39 is 5.54 Å². The van der Waals surface area contributed by atoms with Gasteiger partial charge in [-0.3, -0.25) is 4.98 Å². The van der Waals surface area contributed by atoms with Gasteiger partial charge in [0.1, 0.15) is 0 Å². The molecule has 5 heteroatoms. The maximum atomic E-state index is 12.1. The Bertz CT molecular complexity index is 432. The predicted octanol–water partition coefficient (Wildman–Crippen LogP) is 2.53. The number of nitrogens with zero attached hydrogens (tertiary/aromatic N) is 1. The summed E-state index contributed by atoms with van der Waals surface area (Å²) in [5.41, 5.74) is 0.138. The highest BCUT2D eigenvalue weighted by Crippen LogP contribution is 2.32. The average Bonchev–Trinajstić information content (AvgIpc) is 2.49. The Balaban J connectivity index is 1.96. The summed E-state index contributed by atoms with van der Waals surface area (Å²) in [6.45, 7) is 1.89. The molecule has 1 saturated carbocycles. The molecule has 1 heterocycles. The molecule has 1 aliphatic rings. The van der Waals surface area contributed by atoms with Gasteiger partial charge in [-0.2, -0.15) is 0 Å². The van der Waals surface area contributed by atoms with Crippen LogP contribution in [0, 0.1) is 5.92 Å². The van der Waals surface area contributed by atoms with Crippen LogP contribution in [0.4, 0.5) is 10.5 Å². The van der Waals surface area contributed by atoms with Crippen LogP contribution in [0.15, 0.2) is 24.5 Å². The third kappa shape index (κ3) is 3.70. The monoisotopic (exact) mass is 277 g/mol. The van der Waals surface area contributed by atoms with Gasteiger partial charge in [0, 0.05) is 18.1 Å². The molecular formula is C15H23N3O2. The maximum Gasteiger partial charge on any atom is 0.319 e. The fourth-order valence-corrected chi connectivity index (χ4v) is 2.87. The van der Waals surface area contributed by atoms with Gasteiger partial charge in [0.2, 0.25) is 0 Å². The van der Waals surface area contributed by atoms with Crippen molar-refractivity contribution in [1.82, 2.24) is 10.3 Å². The number of hydrogen-bond acceptors (Lipinski definition) is 3. The van der Waals surface area contributed by atoms with Crippen molar-refractivity contribution in [2.75, 3.05) is 11.9 Å². The molecule has 5 nitrogen and oxygen atoms in total. The second-order valence-corrected chi connectivity index (χ2v) is 5.73. The number of amides is 2. The Morgan fingerprint density at radius 1 is 1.35 bits per heavy atom. The van der Waals surface area contributed by atoms with Gasteiger partial charge in [-0.15, -0.1) is 0 Å². The van der Waals surface area contributed by atoms with Gasteiger partial charge in [-0.05, 0) is 37.8 Å². The van der Waals surface area contributed by atoms with E-state index in [9.17, 15) is 9.90 Å². The van der Waals surface area contributed by atoms with Gasteiger partial charge in [-0.25, -0.2) is 4.79 Å². The molecule has 1 aliphatic carbocycles. The van der Waals surface area contributed by atoms with Crippen LogP contribution in [0.1, 0.15) is 39.0 Å². The molecular weight excluding hydrogens is 254 g/mol. The van der Waals surface area contributed by atoms with Gasteiger partial charge < -0.3 is 15.7 Å². The molecule has 0 spiro atoms. The summed E-state index contributed by atoms with van der Waals surface area (Å²) in [6.07, 6.45) is 8.98. The predicted molar refractivity (Wildman–Crippen MR) is 78.5 cm³/mol. The summed E-state index contributed by atoms with van der Waals surface area (Å²) in [5.74, 6) is 0.337. The van der Waals surface area contributed by atoms with Crippen molar-refractivity contribution in [3.8, 4) is 0 Å². The van der Waals surface area contributed by atoms with Crippen LogP contribution >= 0.6 is 0 Å². The van der Waals surface area contributed by atoms with Crippen molar-refractivity contribution in [3.05, 3.63) is 24.5 Å². The summed E-state index contributed by atoms with van der Waals surface area (Å²) in [6, 6.07) is 3.19. The van der Waals surface area contributed by atoms with Crippen LogP contribution in [0.5, 0.6) is 0 Å². The number of pyridine rings is 1. The van der Waals surface area contributed by atoms with E-state index in [2.05, 4.69) is 15.6 Å². The van der Waals surface area contributed by atoms with E-state index >= 15 is 0 Å². The average molecular weight is 277 g/mol. The molecule has 1 aromatic heterocycles. The standard InChI is InChI=1S/C15H23N3O2/c1-15(11-19,12-5-3-2-4-6-12)18-14(20)17-13-7-9-16-10-8-13/h7-10,12,19H,2-6,11H2,1H3,(H2,16,17,18,20)/t15-/m0/s1. The number of anilines is 1. The van der Waals surface area contributed by atoms with Gasteiger partial charge in [0.15, 0.2) is 0 Å². The van der Waals surface area contributed by atoms with Gasteiger partial charge in [0.25, 0.3) is 0 Å². The van der Waals surface area contributed by atoms with Crippen molar-refractivity contribution in [1.29, 1.82) is 0 Å². The van der Waals surface area contributed by atoms with Crippen molar-refractivity contribution in [3.63, 3.8) is 0 Å². The molecule has 0 aliphatic heterocycles. The first-order chi connectivity index (χ1) is 9.64. The first-order valence-electron chi connectivity index (χ1n) is 7.24. The van der Waals surface area contributed by atoms with E-state index in [1.807, 2.05) is 6.92 Å². The smallest absolute Gasteiger partial charge is 0.319 e. The Morgan fingerprint density at radius 2 is 2.00 bits per heavy atom. The van der Waals surface area contributed by atoms with Gasteiger partial charge in [0.05, 0.1) is 12.1 Å². The first-order valence-corrected chi connectivity index (χ1v) is 7.24. The largest absolute Gasteiger partial charge is 0.394 e. The van der Waals surface area contributed by atoms with Crippen molar-refractivity contribution in [2.45, 2.75) is 44.6 Å². The first kappa shape index (κ1) is 14.8. The number of aromatic nitrogens is 1. The molecule has 2 rings (SSSR count). The summed E-state index contributed by atoms with van der Waals surface area (Å²) in [7, 11) is 0. The minimum absolute atomic E-state index is 0.0402. The number of rotatable bonds is 4. The van der Waals surface area contributed by atoms with E-state index in [0.717, 1.165) is 12.8 Å². The second kappa shape index (κ2) is 6.70. The lowest BCUT2D eigenvalue weighted by Gasteiger charge is -2.39. The number of hydrogen-bond donors (Lipinski definition) is 3. The van der Waals surface area contributed by atoms with E-state index in [0.29, 0.717) is 11.6 Å². The summed E-state index contributed by atoms with van der Waals surface area (Å²) >= 11 is 0. The van der Waals surface area contributed by atoms with E-state index in [1.54, 1.807) is 24.5 Å². The summed E-state index contributed by atoms with van der Waals surface area (Å²) in [4.78, 5) is 16.0. The molecule has 0 aromatic carbocycles. The zero-order chi connectivity index (χ0) is 14.4. The number of urea groups is 1. The highest BCUT2D eigenvalue weighted by molar-refractivity contribution is 5.89. The lowest BCUT2D eigenvalue weighted by Crippen LogP contribution is -2.55. The van der Waals surface area contributed by atoms with E-state index in [4.69, 9.17) is 0 Å². The zero-order valence-electron chi connectivity index (χ0n) is 11.9. The Kier molecular flexibility index (Phi) is 4.95. The molecule has 0 radical (unpaired) electrons. The minimum Gasteiger partial charge on any atom is -0.394 e. The lowest BCUT2D eigenvalue weighted by molar-refractivity contribution is 0.103. The second-order valence-electron chi connectivity index (χ2n) is 5.73. The van der Waals surface area contributed by atoms with Crippen molar-refractivity contribution >= 4 is 11.7 Å². The molecule has 110 valence electrons. The quantitative estimate of drug-likeness (QED) is 0.791.